The van der Waals surface area contributed by atoms with Gasteiger partial charge in [-0.3, -0.25) is 4.79 Å². The third-order valence-electron chi connectivity index (χ3n) is 4.71. The molecule has 7 nitrogen and oxygen atoms in total. The van der Waals surface area contributed by atoms with Crippen LogP contribution in [0.1, 0.15) is 37.1 Å². The molecule has 1 heterocycles. The lowest BCUT2D eigenvalue weighted by molar-refractivity contribution is -0.120. The zero-order valence-corrected chi connectivity index (χ0v) is 15.5. The minimum atomic E-state index is -1.17. The molecule has 1 unspecified atom stereocenters. The number of halogens is 1. The molecule has 0 aliphatic heterocycles. The Morgan fingerprint density at radius 3 is 2.70 bits per heavy atom. The second-order valence-corrected chi connectivity index (χ2v) is 7.32. The van der Waals surface area contributed by atoms with Crippen LogP contribution < -0.4 is 11.1 Å². The smallest absolute Gasteiger partial charge is 0.248 e. The minimum Gasteiger partial charge on any atom is -0.324 e. The summed E-state index contributed by atoms with van der Waals surface area (Å²) in [6.07, 6.45) is 2.13. The first-order chi connectivity index (χ1) is 13.0. The van der Waals surface area contributed by atoms with Crippen molar-refractivity contribution in [1.29, 1.82) is 0 Å². The molecule has 0 bridgehead atoms. The third-order valence-corrected chi connectivity index (χ3v) is 5.03. The maximum atomic E-state index is 12.8. The average Bonchev–Trinajstić information content (AvgIpc) is 3.41. The highest BCUT2D eigenvalue weighted by Gasteiger charge is 2.32. The van der Waals surface area contributed by atoms with E-state index in [1.54, 1.807) is 29.8 Å². The van der Waals surface area contributed by atoms with Crippen molar-refractivity contribution in [2.24, 2.45) is 5.73 Å². The first-order valence-electron chi connectivity index (χ1n) is 8.71. The number of rotatable bonds is 5. The maximum Gasteiger partial charge on any atom is 0.248 e. The SMILES string of the molecule is CC(N)(C(=O)Nc1ccc(Cl)c(-n2nnnc2C2CC2)c1)c1ccccc1. The van der Waals surface area contributed by atoms with Crippen molar-refractivity contribution in [2.75, 3.05) is 5.32 Å². The molecule has 2 aromatic carbocycles. The Hall–Kier alpha value is -2.77. The van der Waals surface area contributed by atoms with E-state index in [1.807, 2.05) is 30.3 Å². The van der Waals surface area contributed by atoms with E-state index in [0.29, 0.717) is 22.3 Å². The molecule has 1 saturated carbocycles. The zero-order chi connectivity index (χ0) is 19.0. The molecule has 4 rings (SSSR count). The van der Waals surface area contributed by atoms with Gasteiger partial charge in [-0.25, -0.2) is 0 Å². The van der Waals surface area contributed by atoms with E-state index in [0.717, 1.165) is 24.2 Å². The van der Waals surface area contributed by atoms with Gasteiger partial charge in [-0.1, -0.05) is 41.9 Å². The monoisotopic (exact) mass is 382 g/mol. The second kappa shape index (κ2) is 6.75. The number of nitrogens with zero attached hydrogens (tertiary/aromatic N) is 4. The van der Waals surface area contributed by atoms with Crippen molar-refractivity contribution in [3.8, 4) is 5.69 Å². The number of benzene rings is 2. The molecule has 1 aliphatic rings. The molecule has 0 radical (unpaired) electrons. The molecule has 1 amide bonds. The number of aromatic nitrogens is 4. The number of anilines is 1. The predicted octanol–water partition coefficient (Wildman–Crippen LogP) is 3.01. The van der Waals surface area contributed by atoms with Crippen molar-refractivity contribution < 1.29 is 4.79 Å². The molecule has 1 fully saturated rings. The van der Waals surface area contributed by atoms with Gasteiger partial charge in [0.15, 0.2) is 5.82 Å². The van der Waals surface area contributed by atoms with Crippen molar-refractivity contribution in [2.45, 2.75) is 31.2 Å². The molecule has 0 spiro atoms. The number of nitrogens with one attached hydrogen (secondary N) is 1. The summed E-state index contributed by atoms with van der Waals surface area (Å²) in [5.74, 6) is 0.828. The fraction of sp³-hybridized carbons (Fsp3) is 0.263. The molecular weight excluding hydrogens is 364 g/mol. The lowest BCUT2D eigenvalue weighted by Gasteiger charge is -2.24. The molecule has 1 aliphatic carbocycles. The van der Waals surface area contributed by atoms with E-state index >= 15 is 0 Å². The molecule has 0 saturated heterocycles. The van der Waals surface area contributed by atoms with Crippen LogP contribution >= 0.6 is 11.6 Å². The summed E-state index contributed by atoms with van der Waals surface area (Å²) in [6.45, 7) is 1.68. The number of hydrogen-bond donors (Lipinski definition) is 2. The van der Waals surface area contributed by atoms with Crippen LogP contribution in [0.15, 0.2) is 48.5 Å². The van der Waals surface area contributed by atoms with Crippen LogP contribution in [0.4, 0.5) is 5.69 Å². The zero-order valence-electron chi connectivity index (χ0n) is 14.8. The van der Waals surface area contributed by atoms with Crippen molar-refractivity contribution in [1.82, 2.24) is 20.2 Å². The van der Waals surface area contributed by atoms with Crippen molar-refractivity contribution >= 4 is 23.2 Å². The van der Waals surface area contributed by atoms with Crippen LogP contribution in [-0.4, -0.2) is 26.1 Å². The van der Waals surface area contributed by atoms with E-state index in [1.165, 1.54) is 0 Å². The number of nitrogens with two attached hydrogens (primary N) is 1. The normalized spacial score (nSPS) is 16.0. The fourth-order valence-corrected chi connectivity index (χ4v) is 3.09. The van der Waals surface area contributed by atoms with Gasteiger partial charge in [0.2, 0.25) is 5.91 Å². The van der Waals surface area contributed by atoms with Gasteiger partial charge in [-0.2, -0.15) is 4.68 Å². The van der Waals surface area contributed by atoms with Gasteiger partial charge in [-0.05, 0) is 54.0 Å². The van der Waals surface area contributed by atoms with Crippen LogP contribution in [0.3, 0.4) is 0 Å². The number of carbonyl (C=O) groups is 1. The lowest BCUT2D eigenvalue weighted by atomic mass is 9.92. The van der Waals surface area contributed by atoms with Gasteiger partial charge in [0.05, 0.1) is 10.7 Å². The van der Waals surface area contributed by atoms with Crippen LogP contribution in [-0.2, 0) is 10.3 Å². The van der Waals surface area contributed by atoms with Gasteiger partial charge in [0.1, 0.15) is 5.54 Å². The summed E-state index contributed by atoms with van der Waals surface area (Å²) in [5, 5.41) is 15.3. The van der Waals surface area contributed by atoms with Gasteiger partial charge >= 0.3 is 0 Å². The minimum absolute atomic E-state index is 0.318. The summed E-state index contributed by atoms with van der Waals surface area (Å²) in [7, 11) is 0. The van der Waals surface area contributed by atoms with E-state index < -0.39 is 5.54 Å². The first kappa shape index (κ1) is 17.6. The van der Waals surface area contributed by atoms with E-state index in [4.69, 9.17) is 17.3 Å². The Kier molecular flexibility index (Phi) is 4.41. The van der Waals surface area contributed by atoms with Crippen molar-refractivity contribution in [3.05, 3.63) is 64.9 Å². The summed E-state index contributed by atoms with van der Waals surface area (Å²) >= 11 is 6.35. The summed E-state index contributed by atoms with van der Waals surface area (Å²) in [4.78, 5) is 12.8. The van der Waals surface area contributed by atoms with Gasteiger partial charge < -0.3 is 11.1 Å². The average molecular weight is 383 g/mol. The van der Waals surface area contributed by atoms with Crippen LogP contribution in [0, 0.1) is 0 Å². The second-order valence-electron chi connectivity index (χ2n) is 6.91. The lowest BCUT2D eigenvalue weighted by Crippen LogP contribution is -2.45. The number of carbonyl (C=O) groups excluding carboxylic acids is 1. The Morgan fingerprint density at radius 2 is 2.00 bits per heavy atom. The topological polar surface area (TPSA) is 98.7 Å². The number of amides is 1. The predicted molar refractivity (Wildman–Crippen MR) is 103 cm³/mol. The summed E-state index contributed by atoms with van der Waals surface area (Å²) < 4.78 is 1.63. The molecular formula is C19H19ClN6O. The molecule has 8 heteroatoms. The van der Waals surface area contributed by atoms with E-state index in [2.05, 4.69) is 20.8 Å². The van der Waals surface area contributed by atoms with Crippen LogP contribution in [0.25, 0.3) is 5.69 Å². The molecule has 1 atom stereocenters. The van der Waals surface area contributed by atoms with Crippen LogP contribution in [0.2, 0.25) is 5.02 Å². The molecule has 3 aromatic rings. The highest BCUT2D eigenvalue weighted by Crippen LogP contribution is 2.40. The Balaban J connectivity index is 1.62. The summed E-state index contributed by atoms with van der Waals surface area (Å²) in [5.41, 5.74) is 7.04. The molecule has 1 aromatic heterocycles. The first-order valence-corrected chi connectivity index (χ1v) is 9.08. The van der Waals surface area contributed by atoms with Gasteiger partial charge in [-0.15, -0.1) is 5.10 Å². The van der Waals surface area contributed by atoms with E-state index in [9.17, 15) is 4.79 Å². The standard InChI is InChI=1S/C19H19ClN6O/c1-19(21,13-5-3-2-4-6-13)18(27)22-14-9-10-15(20)16(11-14)26-17(12-7-8-12)23-24-25-26/h2-6,9-12H,7-8,21H2,1H3,(H,22,27). The van der Waals surface area contributed by atoms with Crippen molar-refractivity contribution in [3.63, 3.8) is 0 Å². The van der Waals surface area contributed by atoms with Gasteiger partial charge in [0, 0.05) is 11.6 Å². The Labute approximate surface area is 161 Å². The number of tetrazole rings is 1. The highest BCUT2D eigenvalue weighted by atomic mass is 35.5. The summed E-state index contributed by atoms with van der Waals surface area (Å²) in [6, 6.07) is 14.4. The van der Waals surface area contributed by atoms with Crippen LogP contribution in [0.5, 0.6) is 0 Å². The molecule has 138 valence electrons. The molecule has 27 heavy (non-hydrogen) atoms. The third kappa shape index (κ3) is 3.43. The Bertz CT molecular complexity index is 981. The van der Waals surface area contributed by atoms with Gasteiger partial charge in [0.25, 0.3) is 0 Å². The Morgan fingerprint density at radius 1 is 1.26 bits per heavy atom. The largest absolute Gasteiger partial charge is 0.324 e. The fourth-order valence-electron chi connectivity index (χ4n) is 2.89. The molecule has 3 N–H and O–H groups in total. The highest BCUT2D eigenvalue weighted by molar-refractivity contribution is 6.32. The quantitative estimate of drug-likeness (QED) is 0.706. The maximum absolute atomic E-state index is 12.8. The number of hydrogen-bond acceptors (Lipinski definition) is 5. The van der Waals surface area contributed by atoms with E-state index in [-0.39, 0.29) is 5.91 Å².